The van der Waals surface area contributed by atoms with Gasteiger partial charge in [-0.2, -0.15) is 11.8 Å². The lowest BCUT2D eigenvalue weighted by atomic mass is 9.76. The third-order valence-corrected chi connectivity index (χ3v) is 13.9. The molecule has 0 aromatic heterocycles. The third-order valence-electron chi connectivity index (χ3n) is 12.8. The molecule has 0 radical (unpaired) electrons. The van der Waals surface area contributed by atoms with Gasteiger partial charge in [0.15, 0.2) is 12.6 Å². The molecule has 15 nitrogen and oxygen atoms in total. The highest BCUT2D eigenvalue weighted by Gasteiger charge is 2.58. The Labute approximate surface area is 339 Å². The van der Waals surface area contributed by atoms with Crippen LogP contribution in [-0.4, -0.2) is 177 Å². The number of likely N-dealkylation sites (N-methyl/N-ethyl adjacent to an activating group) is 1. The summed E-state index contributed by atoms with van der Waals surface area (Å²) in [6.07, 6.45) is -7.82. The first-order chi connectivity index (χ1) is 25.9. The Kier molecular flexibility index (Phi) is 17.9. The van der Waals surface area contributed by atoms with Crippen molar-refractivity contribution >= 4 is 17.7 Å². The number of aliphatic hydroxyl groups excluding tert-OH is 3. The Bertz CT molecular complexity index is 1230. The van der Waals surface area contributed by atoms with Crippen molar-refractivity contribution in [3.63, 3.8) is 0 Å². The van der Waals surface area contributed by atoms with E-state index in [4.69, 9.17) is 28.4 Å². The zero-order valence-corrected chi connectivity index (χ0v) is 37.0. The Morgan fingerprint density at radius 1 is 0.982 bits per heavy atom. The average Bonchev–Trinajstić information content (AvgIpc) is 3.12. The van der Waals surface area contributed by atoms with Crippen molar-refractivity contribution in [3.8, 4) is 0 Å². The maximum Gasteiger partial charge on any atom is 0.311 e. The van der Waals surface area contributed by atoms with Gasteiger partial charge in [-0.3, -0.25) is 4.79 Å². The van der Waals surface area contributed by atoms with Crippen LogP contribution in [0.15, 0.2) is 0 Å². The van der Waals surface area contributed by atoms with Crippen molar-refractivity contribution in [2.45, 2.75) is 185 Å². The summed E-state index contributed by atoms with van der Waals surface area (Å²) in [5.74, 6) is -2.10. The summed E-state index contributed by atoms with van der Waals surface area (Å²) in [6.45, 7) is 17.7. The molecule has 3 rings (SSSR count). The molecule has 7 N–H and O–H groups in total. The van der Waals surface area contributed by atoms with Crippen LogP contribution in [0.3, 0.4) is 0 Å². The van der Waals surface area contributed by atoms with Crippen LogP contribution in [0.25, 0.3) is 0 Å². The molecule has 3 aliphatic heterocycles. The first kappa shape index (κ1) is 49.7. The number of hydrogen-bond acceptors (Lipinski definition) is 16. The van der Waals surface area contributed by atoms with Crippen LogP contribution < -0.4 is 5.32 Å². The van der Waals surface area contributed by atoms with Crippen LogP contribution in [0.2, 0.25) is 0 Å². The van der Waals surface area contributed by atoms with E-state index >= 15 is 0 Å². The van der Waals surface area contributed by atoms with Gasteiger partial charge >= 0.3 is 5.97 Å². The molecule has 0 aliphatic carbocycles. The molecule has 0 saturated carbocycles. The first-order valence-electron chi connectivity index (χ1n) is 20.4. The van der Waals surface area contributed by atoms with E-state index in [2.05, 4.69) is 5.32 Å². The topological polar surface area (TPSA) is 209 Å². The summed E-state index contributed by atoms with van der Waals surface area (Å²) in [4.78, 5) is 16.2. The third kappa shape index (κ3) is 11.2. The van der Waals surface area contributed by atoms with Crippen molar-refractivity contribution in [1.29, 1.82) is 0 Å². The van der Waals surface area contributed by atoms with Crippen LogP contribution in [0.4, 0.5) is 0 Å². The van der Waals surface area contributed by atoms with Crippen LogP contribution >= 0.6 is 11.8 Å². The largest absolute Gasteiger partial charge is 0.459 e. The van der Waals surface area contributed by atoms with Crippen molar-refractivity contribution in [2.75, 3.05) is 45.9 Å². The average molecular weight is 825 g/mol. The monoisotopic (exact) mass is 825 g/mol. The lowest BCUT2D eigenvalue weighted by Crippen LogP contribution is -2.68. The highest BCUT2D eigenvalue weighted by atomic mass is 32.2. The van der Waals surface area contributed by atoms with Gasteiger partial charge in [-0.05, 0) is 94.3 Å². The minimum absolute atomic E-state index is 0.0504. The predicted molar refractivity (Wildman–Crippen MR) is 213 cm³/mol. The molecule has 56 heavy (non-hydrogen) atoms. The van der Waals surface area contributed by atoms with Crippen LogP contribution in [0.5, 0.6) is 0 Å². The molecule has 3 aliphatic rings. The van der Waals surface area contributed by atoms with Gasteiger partial charge in [0.05, 0.1) is 42.5 Å². The van der Waals surface area contributed by atoms with Gasteiger partial charge in [-0.1, -0.05) is 20.8 Å². The molecule has 330 valence electrons. The predicted octanol–water partition coefficient (Wildman–Crippen LogP) is 1.65. The second-order valence-corrected chi connectivity index (χ2v) is 18.9. The van der Waals surface area contributed by atoms with Gasteiger partial charge in [0.2, 0.25) is 0 Å². The highest BCUT2D eigenvalue weighted by molar-refractivity contribution is 7.99. The van der Waals surface area contributed by atoms with E-state index in [1.807, 2.05) is 32.8 Å². The minimum atomic E-state index is -1.83. The van der Waals surface area contributed by atoms with Gasteiger partial charge in [-0.25, -0.2) is 0 Å². The maximum atomic E-state index is 14.3. The number of thioether (sulfide) groups is 1. The molecule has 3 fully saturated rings. The SMILES string of the molecule is CC[C@H]1OC(=O)[C@H](C)[C@@H](O[C@H]2C[C@@](C)(OC)[C@@](O)(CSCCO)[C@H](C)O2)[C@H](C)[C@@H](O[C@@H]2O[C@H](C)C[C@H](N(C)C)[C@H]2O)[C@](C)(O)C[C@@H](C)CN[C@H](C)[C@@H](O)[C@]1(C)O. The Balaban J connectivity index is 2.16. The number of nitrogens with zero attached hydrogens (tertiary/aromatic N) is 1. The summed E-state index contributed by atoms with van der Waals surface area (Å²) >= 11 is 1.37. The number of cyclic esters (lactones) is 1. The molecule has 0 unspecified atom stereocenters. The standard InChI is InChI=1S/C40H76N2O13S/c1-14-29-39(10,48)33(45)26(6)41-20-22(2)18-37(8,47)34(55-36-31(44)28(42(11)12)17-23(3)51-36)24(4)32(25(5)35(46)53-29)54-30-19-38(9,50-13)40(49,27(7)52-30)21-56-16-15-43/h22-34,36,41,43-45,47-49H,14-21H2,1-13H3/t22-,23-,24+,25-,26-,27+,28+,29-,30+,31-,32+,33-,34-,36+,37-,38-,39-,40-/m1/s1. The quantitative estimate of drug-likeness (QED) is 0.117. The van der Waals surface area contributed by atoms with E-state index in [1.54, 1.807) is 48.5 Å². The number of hydrogen-bond donors (Lipinski definition) is 7. The van der Waals surface area contributed by atoms with Crippen LogP contribution in [0.1, 0.15) is 94.9 Å². The van der Waals surface area contributed by atoms with Crippen molar-refractivity contribution in [3.05, 3.63) is 0 Å². The van der Waals surface area contributed by atoms with Crippen molar-refractivity contribution < 1.29 is 63.9 Å². The molecule has 0 aromatic carbocycles. The fourth-order valence-electron chi connectivity index (χ4n) is 8.98. The van der Waals surface area contributed by atoms with E-state index in [0.717, 1.165) is 0 Å². The number of ether oxygens (including phenoxy) is 6. The van der Waals surface area contributed by atoms with Gasteiger partial charge in [0.1, 0.15) is 35.1 Å². The molecule has 18 atom stereocenters. The molecule has 3 saturated heterocycles. The molecule has 0 bridgehead atoms. The Morgan fingerprint density at radius 2 is 1.62 bits per heavy atom. The van der Waals surface area contributed by atoms with E-state index < -0.39 is 95.5 Å². The minimum Gasteiger partial charge on any atom is -0.459 e. The molecule has 3 heterocycles. The summed E-state index contributed by atoms with van der Waals surface area (Å²) in [7, 11) is 5.26. The van der Waals surface area contributed by atoms with Crippen molar-refractivity contribution in [1.82, 2.24) is 10.2 Å². The van der Waals surface area contributed by atoms with Crippen molar-refractivity contribution in [2.24, 2.45) is 17.8 Å². The Morgan fingerprint density at radius 3 is 2.20 bits per heavy atom. The number of nitrogens with one attached hydrogen (secondary N) is 1. The number of carbonyl (C=O) groups excluding carboxylic acids is 1. The fourth-order valence-corrected chi connectivity index (χ4v) is 10.1. The van der Waals surface area contributed by atoms with E-state index in [9.17, 15) is 35.4 Å². The van der Waals surface area contributed by atoms with Gasteiger partial charge in [0.25, 0.3) is 0 Å². The smallest absolute Gasteiger partial charge is 0.311 e. The normalized spacial score (nSPS) is 47.9. The summed E-state index contributed by atoms with van der Waals surface area (Å²) in [6, 6.07) is -0.897. The summed E-state index contributed by atoms with van der Waals surface area (Å²) < 4.78 is 38.2. The van der Waals surface area contributed by atoms with Crippen LogP contribution in [-0.2, 0) is 33.2 Å². The number of aliphatic hydroxyl groups is 6. The number of carbonyl (C=O) groups is 1. The van der Waals surface area contributed by atoms with Gasteiger partial charge in [0, 0.05) is 43.0 Å². The molecular weight excluding hydrogens is 749 g/mol. The van der Waals surface area contributed by atoms with E-state index in [1.165, 1.54) is 25.8 Å². The molecule has 16 heteroatoms. The second kappa shape index (κ2) is 20.2. The number of rotatable bonds is 11. The number of methoxy groups -OCH3 is 1. The highest BCUT2D eigenvalue weighted by Crippen LogP contribution is 2.44. The fraction of sp³-hybridized carbons (Fsp3) is 0.975. The molecule has 0 aromatic rings. The lowest BCUT2D eigenvalue weighted by molar-refractivity contribution is -0.333. The summed E-state index contributed by atoms with van der Waals surface area (Å²) in [5.41, 5.74) is -6.06. The summed E-state index contributed by atoms with van der Waals surface area (Å²) in [5, 5.41) is 71.8. The maximum absolute atomic E-state index is 14.3. The van der Waals surface area contributed by atoms with Gasteiger partial charge in [-0.15, -0.1) is 0 Å². The zero-order chi connectivity index (χ0) is 42.6. The first-order valence-corrected chi connectivity index (χ1v) is 21.5. The van der Waals surface area contributed by atoms with E-state index in [0.29, 0.717) is 18.7 Å². The molecule has 0 amide bonds. The number of esters is 1. The van der Waals surface area contributed by atoms with Crippen LogP contribution in [0, 0.1) is 17.8 Å². The van der Waals surface area contributed by atoms with Gasteiger partial charge < -0.3 is 69.3 Å². The zero-order valence-electron chi connectivity index (χ0n) is 36.1. The molecule has 0 spiro atoms. The second-order valence-electron chi connectivity index (χ2n) is 17.8. The van der Waals surface area contributed by atoms with E-state index in [-0.39, 0.29) is 49.7 Å². The lowest BCUT2D eigenvalue weighted by Gasteiger charge is -2.53. The Hall–Kier alpha value is -0.700. The molecular formula is C40H76N2O13S.